The molecule has 0 saturated heterocycles. The number of carbonyl (C=O) groups is 1. The number of rotatable bonds is 6. The van der Waals surface area contributed by atoms with Gasteiger partial charge in [0.1, 0.15) is 0 Å². The van der Waals surface area contributed by atoms with Crippen molar-refractivity contribution < 1.29 is 4.79 Å². The summed E-state index contributed by atoms with van der Waals surface area (Å²) in [6, 6.07) is 6.68. The molecule has 0 unspecified atom stereocenters. The van der Waals surface area contributed by atoms with E-state index < -0.39 is 0 Å². The highest BCUT2D eigenvalue weighted by atomic mass is 16.2. The third-order valence-electron chi connectivity index (χ3n) is 4.53. The molecule has 8 heteroatoms. The normalized spacial score (nSPS) is 11.9. The van der Waals surface area contributed by atoms with Crippen molar-refractivity contribution >= 4 is 11.9 Å². The number of amides is 1. The Balaban J connectivity index is 2.16. The van der Waals surface area contributed by atoms with Crippen LogP contribution >= 0.6 is 0 Å². The lowest BCUT2D eigenvalue weighted by molar-refractivity contribution is 0.0949. The molecule has 2 rings (SSSR count). The standard InChI is InChI=1S/C21H33N7O/c1-20(2,3)15-9-14(10-16(11-15)21(4,5)6)12-28-13-17(26-27-28)18(29)24-7-8-25-19(22)23/h9-11,13H,7-8,12H2,1-6H3,(H,24,29)(H4,22,23,25). The molecule has 158 valence electrons. The molecule has 0 fully saturated rings. The number of nitrogens with two attached hydrogens (primary N) is 2. The molecule has 5 N–H and O–H groups in total. The van der Waals surface area contributed by atoms with E-state index in [1.165, 1.54) is 11.1 Å². The molecule has 29 heavy (non-hydrogen) atoms. The zero-order valence-electron chi connectivity index (χ0n) is 18.3. The van der Waals surface area contributed by atoms with Gasteiger partial charge in [0.25, 0.3) is 5.91 Å². The van der Waals surface area contributed by atoms with Crippen LogP contribution in [0, 0.1) is 0 Å². The maximum Gasteiger partial charge on any atom is 0.273 e. The van der Waals surface area contributed by atoms with Crippen LogP contribution in [-0.2, 0) is 17.4 Å². The predicted octanol–water partition coefficient (Wildman–Crippen LogP) is 1.92. The molecule has 1 aromatic heterocycles. The average Bonchev–Trinajstić information content (AvgIpc) is 3.05. The third kappa shape index (κ3) is 6.58. The quantitative estimate of drug-likeness (QED) is 0.389. The predicted molar refractivity (Wildman–Crippen MR) is 116 cm³/mol. The zero-order valence-corrected chi connectivity index (χ0v) is 18.3. The van der Waals surface area contributed by atoms with Crippen molar-refractivity contribution in [3.8, 4) is 0 Å². The van der Waals surface area contributed by atoms with Crippen LogP contribution in [0.25, 0.3) is 0 Å². The molecule has 2 aromatic rings. The van der Waals surface area contributed by atoms with Crippen molar-refractivity contribution in [2.24, 2.45) is 16.5 Å². The summed E-state index contributed by atoms with van der Waals surface area (Å²) in [4.78, 5) is 16.0. The second-order valence-corrected chi connectivity index (χ2v) is 9.28. The maximum absolute atomic E-state index is 12.2. The molecule has 1 amide bonds. The molecule has 8 nitrogen and oxygen atoms in total. The summed E-state index contributed by atoms with van der Waals surface area (Å²) >= 11 is 0. The number of benzene rings is 1. The fourth-order valence-electron chi connectivity index (χ4n) is 2.76. The first-order valence-corrected chi connectivity index (χ1v) is 9.75. The van der Waals surface area contributed by atoms with E-state index in [0.29, 0.717) is 19.6 Å². The number of nitrogens with zero attached hydrogens (tertiary/aromatic N) is 4. The Morgan fingerprint density at radius 3 is 2.17 bits per heavy atom. The highest BCUT2D eigenvalue weighted by molar-refractivity contribution is 5.91. The highest BCUT2D eigenvalue weighted by Crippen LogP contribution is 2.30. The minimum atomic E-state index is -0.305. The zero-order chi connectivity index (χ0) is 21.8. The molecule has 0 saturated carbocycles. The molecule has 0 aliphatic carbocycles. The Hall–Kier alpha value is -2.90. The second-order valence-electron chi connectivity index (χ2n) is 9.28. The summed E-state index contributed by atoms with van der Waals surface area (Å²) < 4.78 is 1.68. The van der Waals surface area contributed by atoms with E-state index in [4.69, 9.17) is 11.5 Å². The Bertz CT molecular complexity index is 849. The van der Waals surface area contributed by atoms with E-state index in [9.17, 15) is 4.79 Å². The van der Waals surface area contributed by atoms with Crippen molar-refractivity contribution in [3.05, 3.63) is 46.8 Å². The summed E-state index contributed by atoms with van der Waals surface area (Å²) in [5, 5.41) is 10.8. The third-order valence-corrected chi connectivity index (χ3v) is 4.53. The lowest BCUT2D eigenvalue weighted by Gasteiger charge is -2.26. The molecule has 0 radical (unpaired) electrons. The van der Waals surface area contributed by atoms with Gasteiger partial charge in [-0.2, -0.15) is 0 Å². The molecule has 1 aromatic carbocycles. The van der Waals surface area contributed by atoms with E-state index in [0.717, 1.165) is 5.56 Å². The van der Waals surface area contributed by atoms with Gasteiger partial charge in [-0.15, -0.1) is 5.10 Å². The molecule has 0 aliphatic rings. The topological polar surface area (TPSA) is 124 Å². The van der Waals surface area contributed by atoms with Crippen molar-refractivity contribution in [2.45, 2.75) is 58.9 Å². The lowest BCUT2D eigenvalue weighted by Crippen LogP contribution is -2.29. The number of aliphatic imine (C=N–C) groups is 1. The van der Waals surface area contributed by atoms with Gasteiger partial charge in [0, 0.05) is 6.54 Å². The van der Waals surface area contributed by atoms with Gasteiger partial charge in [0.2, 0.25) is 0 Å². The average molecular weight is 400 g/mol. The summed E-state index contributed by atoms with van der Waals surface area (Å²) in [5.74, 6) is -0.307. The van der Waals surface area contributed by atoms with Crippen LogP contribution in [0.1, 0.15) is 68.7 Å². The minimum Gasteiger partial charge on any atom is -0.370 e. The smallest absolute Gasteiger partial charge is 0.273 e. The van der Waals surface area contributed by atoms with Crippen molar-refractivity contribution in [1.82, 2.24) is 20.3 Å². The van der Waals surface area contributed by atoms with Gasteiger partial charge in [-0.25, -0.2) is 4.68 Å². The van der Waals surface area contributed by atoms with Crippen LogP contribution in [0.15, 0.2) is 29.4 Å². The van der Waals surface area contributed by atoms with Gasteiger partial charge in [-0.05, 0) is 27.5 Å². The fraction of sp³-hybridized carbons (Fsp3) is 0.524. The van der Waals surface area contributed by atoms with Gasteiger partial charge >= 0.3 is 0 Å². The second kappa shape index (κ2) is 8.63. The molecule has 0 atom stereocenters. The summed E-state index contributed by atoms with van der Waals surface area (Å²) in [6.07, 6.45) is 1.65. The first kappa shape index (κ1) is 22.4. The number of hydrogen-bond acceptors (Lipinski definition) is 4. The Labute approximate surface area is 172 Å². The highest BCUT2D eigenvalue weighted by Gasteiger charge is 2.21. The molecule has 0 spiro atoms. The molecular weight excluding hydrogens is 366 g/mol. The summed E-state index contributed by atoms with van der Waals surface area (Å²) in [5.41, 5.74) is 14.5. The SMILES string of the molecule is CC(C)(C)c1cc(Cn2cc(C(=O)NCCN=C(N)N)nn2)cc(C(C)(C)C)c1. The molecule has 0 aliphatic heterocycles. The summed E-state index contributed by atoms with van der Waals surface area (Å²) in [7, 11) is 0. The van der Waals surface area contributed by atoms with Crippen molar-refractivity contribution in [2.75, 3.05) is 13.1 Å². The van der Waals surface area contributed by atoms with Crippen LogP contribution in [0.5, 0.6) is 0 Å². The van der Waals surface area contributed by atoms with E-state index >= 15 is 0 Å². The number of hydrogen-bond donors (Lipinski definition) is 3. The molecular formula is C21H33N7O. The monoisotopic (exact) mass is 399 g/mol. The van der Waals surface area contributed by atoms with Crippen LogP contribution in [0.4, 0.5) is 0 Å². The fourth-order valence-corrected chi connectivity index (χ4v) is 2.76. The minimum absolute atomic E-state index is 0.00249. The van der Waals surface area contributed by atoms with E-state index in [2.05, 4.69) is 80.4 Å². The first-order chi connectivity index (χ1) is 13.4. The van der Waals surface area contributed by atoms with Crippen molar-refractivity contribution in [3.63, 3.8) is 0 Å². The van der Waals surface area contributed by atoms with Crippen LogP contribution < -0.4 is 16.8 Å². The molecule has 0 bridgehead atoms. The first-order valence-electron chi connectivity index (χ1n) is 9.75. The molecule has 1 heterocycles. The largest absolute Gasteiger partial charge is 0.370 e. The summed E-state index contributed by atoms with van der Waals surface area (Å²) in [6.45, 7) is 14.4. The van der Waals surface area contributed by atoms with Gasteiger partial charge in [0.15, 0.2) is 11.7 Å². The number of guanidine groups is 1. The lowest BCUT2D eigenvalue weighted by atomic mass is 9.79. The van der Waals surface area contributed by atoms with Gasteiger partial charge in [0.05, 0.1) is 19.3 Å². The van der Waals surface area contributed by atoms with Crippen LogP contribution in [0.3, 0.4) is 0 Å². The van der Waals surface area contributed by atoms with Crippen LogP contribution in [0.2, 0.25) is 0 Å². The van der Waals surface area contributed by atoms with E-state index in [-0.39, 0.29) is 28.4 Å². The number of nitrogens with one attached hydrogen (secondary N) is 1. The number of carbonyl (C=O) groups excluding carboxylic acids is 1. The Morgan fingerprint density at radius 2 is 1.66 bits per heavy atom. The van der Waals surface area contributed by atoms with Gasteiger partial charge < -0.3 is 16.8 Å². The van der Waals surface area contributed by atoms with E-state index in [1.54, 1.807) is 10.9 Å². The van der Waals surface area contributed by atoms with Crippen molar-refractivity contribution in [1.29, 1.82) is 0 Å². The Morgan fingerprint density at radius 1 is 1.07 bits per heavy atom. The van der Waals surface area contributed by atoms with E-state index in [1.807, 2.05) is 0 Å². The van der Waals surface area contributed by atoms with Gasteiger partial charge in [-0.1, -0.05) is 65.0 Å². The maximum atomic E-state index is 12.2. The van der Waals surface area contributed by atoms with Gasteiger partial charge in [-0.3, -0.25) is 9.79 Å². The number of aromatic nitrogens is 3. The Kier molecular flexibility index (Phi) is 6.66. The van der Waals surface area contributed by atoms with Crippen LogP contribution in [-0.4, -0.2) is 40.0 Å².